The van der Waals surface area contributed by atoms with Gasteiger partial charge in [0.2, 0.25) is 0 Å². The molecule has 1 aliphatic heterocycles. The standard InChI is InChI=1S/C12H25NO5S2/c1-19(14,15)18-10-12-5-3-11(4-6-12)9-13-7-2-8-20(13,16)17/h11-12,16-17H,2-10H2,1H3. The Morgan fingerprint density at radius 1 is 1.20 bits per heavy atom. The van der Waals surface area contributed by atoms with E-state index in [0.717, 1.165) is 51.4 Å². The summed E-state index contributed by atoms with van der Waals surface area (Å²) in [6.45, 7) is 1.81. The summed E-state index contributed by atoms with van der Waals surface area (Å²) >= 11 is 0. The molecule has 0 unspecified atom stereocenters. The summed E-state index contributed by atoms with van der Waals surface area (Å²) < 4.78 is 48.4. The van der Waals surface area contributed by atoms with Crippen LogP contribution in [0.15, 0.2) is 0 Å². The largest absolute Gasteiger partial charge is 0.285 e. The fourth-order valence-corrected chi connectivity index (χ4v) is 5.09. The quantitative estimate of drug-likeness (QED) is 0.752. The van der Waals surface area contributed by atoms with E-state index in [2.05, 4.69) is 0 Å². The van der Waals surface area contributed by atoms with Crippen molar-refractivity contribution < 1.29 is 21.7 Å². The van der Waals surface area contributed by atoms with Gasteiger partial charge in [0.05, 0.1) is 18.6 Å². The van der Waals surface area contributed by atoms with Crippen LogP contribution in [0.1, 0.15) is 32.1 Å². The van der Waals surface area contributed by atoms with Crippen LogP contribution >= 0.6 is 10.8 Å². The molecule has 0 aromatic heterocycles. The van der Waals surface area contributed by atoms with Gasteiger partial charge in [0, 0.05) is 13.1 Å². The Kier molecular flexibility index (Phi) is 5.36. The van der Waals surface area contributed by atoms with E-state index in [1.54, 1.807) is 0 Å². The average Bonchev–Trinajstić information content (AvgIpc) is 2.67. The van der Waals surface area contributed by atoms with Gasteiger partial charge in [-0.25, -0.2) is 4.31 Å². The zero-order valence-electron chi connectivity index (χ0n) is 11.9. The molecule has 2 N–H and O–H groups in total. The van der Waals surface area contributed by atoms with Gasteiger partial charge < -0.3 is 0 Å². The van der Waals surface area contributed by atoms with Crippen LogP contribution in [0.3, 0.4) is 0 Å². The molecule has 0 bridgehead atoms. The van der Waals surface area contributed by atoms with Crippen molar-refractivity contribution in [1.82, 2.24) is 4.31 Å². The fourth-order valence-electron chi connectivity index (χ4n) is 3.01. The van der Waals surface area contributed by atoms with Crippen molar-refractivity contribution in [3.63, 3.8) is 0 Å². The van der Waals surface area contributed by atoms with Gasteiger partial charge in [-0.2, -0.15) is 8.42 Å². The van der Waals surface area contributed by atoms with Crippen LogP contribution in [0.5, 0.6) is 0 Å². The maximum atomic E-state index is 11.0. The molecule has 20 heavy (non-hydrogen) atoms. The maximum Gasteiger partial charge on any atom is 0.264 e. The highest BCUT2D eigenvalue weighted by molar-refractivity contribution is 8.22. The molecule has 1 saturated carbocycles. The Bertz CT molecular complexity index is 418. The van der Waals surface area contributed by atoms with Crippen LogP contribution in [0.2, 0.25) is 0 Å². The second-order valence-corrected chi connectivity index (χ2v) is 9.79. The SMILES string of the molecule is CS(=O)(=O)OCC1CCC(CN2CCCS2(O)O)CC1. The third kappa shape index (κ3) is 4.85. The lowest BCUT2D eigenvalue weighted by molar-refractivity contribution is 0.175. The highest BCUT2D eigenvalue weighted by Gasteiger charge is 2.32. The van der Waals surface area contributed by atoms with E-state index >= 15 is 0 Å². The first-order chi connectivity index (χ1) is 9.26. The van der Waals surface area contributed by atoms with Gasteiger partial charge >= 0.3 is 0 Å². The molecule has 0 radical (unpaired) electrons. The van der Waals surface area contributed by atoms with Crippen molar-refractivity contribution in [2.45, 2.75) is 32.1 Å². The van der Waals surface area contributed by atoms with Crippen LogP contribution in [0.4, 0.5) is 0 Å². The first-order valence-corrected chi connectivity index (χ1v) is 10.6. The van der Waals surface area contributed by atoms with Crippen molar-refractivity contribution in [2.75, 3.05) is 31.7 Å². The van der Waals surface area contributed by atoms with Crippen LogP contribution in [-0.2, 0) is 14.3 Å². The monoisotopic (exact) mass is 327 g/mol. The second-order valence-electron chi connectivity index (χ2n) is 5.95. The zero-order valence-corrected chi connectivity index (χ0v) is 13.5. The van der Waals surface area contributed by atoms with Gasteiger partial charge in [-0.05, 0) is 43.9 Å². The summed E-state index contributed by atoms with van der Waals surface area (Å²) in [5, 5.41) is 0. The molecule has 0 aromatic carbocycles. The summed E-state index contributed by atoms with van der Waals surface area (Å²) in [6, 6.07) is 0. The van der Waals surface area contributed by atoms with Crippen molar-refractivity contribution in [3.05, 3.63) is 0 Å². The van der Waals surface area contributed by atoms with Gasteiger partial charge in [0.1, 0.15) is 0 Å². The van der Waals surface area contributed by atoms with Crippen molar-refractivity contribution >= 4 is 20.9 Å². The molecule has 0 spiro atoms. The first-order valence-electron chi connectivity index (χ1n) is 7.12. The van der Waals surface area contributed by atoms with Crippen molar-refractivity contribution in [3.8, 4) is 0 Å². The second kappa shape index (κ2) is 6.50. The first kappa shape index (κ1) is 16.5. The summed E-state index contributed by atoms with van der Waals surface area (Å²) in [5.41, 5.74) is 0. The summed E-state index contributed by atoms with van der Waals surface area (Å²) in [7, 11) is -5.84. The molecule has 1 aliphatic carbocycles. The number of hydrogen-bond acceptors (Lipinski definition) is 6. The Balaban J connectivity index is 1.72. The van der Waals surface area contributed by atoms with Gasteiger partial charge in [-0.15, -0.1) is 10.8 Å². The topological polar surface area (TPSA) is 87.1 Å². The molecule has 0 atom stereocenters. The highest BCUT2D eigenvalue weighted by Crippen LogP contribution is 2.49. The van der Waals surface area contributed by atoms with Gasteiger partial charge in [0.25, 0.3) is 10.1 Å². The Morgan fingerprint density at radius 3 is 2.30 bits per heavy atom. The summed E-state index contributed by atoms with van der Waals surface area (Å²) in [5.74, 6) is 1.29. The minimum Gasteiger partial charge on any atom is -0.285 e. The van der Waals surface area contributed by atoms with E-state index in [-0.39, 0.29) is 6.61 Å². The predicted molar refractivity (Wildman–Crippen MR) is 80.1 cm³/mol. The molecule has 0 amide bonds. The zero-order chi connectivity index (χ0) is 14.8. The van der Waals surface area contributed by atoms with Gasteiger partial charge in [0.15, 0.2) is 0 Å². The molecule has 2 fully saturated rings. The number of rotatable bonds is 5. The molecule has 0 aromatic rings. The molecular formula is C12H25NO5S2. The number of hydrogen-bond donors (Lipinski definition) is 2. The average molecular weight is 327 g/mol. The maximum absolute atomic E-state index is 11.0. The van der Waals surface area contributed by atoms with E-state index in [9.17, 15) is 17.5 Å². The Labute approximate surface area is 123 Å². The van der Waals surface area contributed by atoms with Crippen LogP contribution in [-0.4, -0.2) is 53.5 Å². The molecule has 8 heteroatoms. The lowest BCUT2D eigenvalue weighted by Crippen LogP contribution is -2.31. The highest BCUT2D eigenvalue weighted by atomic mass is 32.3. The number of nitrogens with zero attached hydrogens (tertiary/aromatic N) is 1. The van der Waals surface area contributed by atoms with E-state index in [0.29, 0.717) is 17.6 Å². The minimum atomic E-state index is -3.34. The minimum absolute atomic E-state index is 0.282. The van der Waals surface area contributed by atoms with E-state index in [1.807, 2.05) is 4.31 Å². The van der Waals surface area contributed by atoms with Crippen LogP contribution in [0, 0.1) is 11.8 Å². The smallest absolute Gasteiger partial charge is 0.264 e. The Hall–Kier alpha value is 0.140. The van der Waals surface area contributed by atoms with Gasteiger partial charge in [-0.1, -0.05) is 0 Å². The van der Waals surface area contributed by atoms with Crippen LogP contribution in [0.25, 0.3) is 0 Å². The molecule has 120 valence electrons. The third-order valence-electron chi connectivity index (χ3n) is 4.19. The van der Waals surface area contributed by atoms with E-state index in [4.69, 9.17) is 4.18 Å². The lowest BCUT2D eigenvalue weighted by Gasteiger charge is -2.40. The van der Waals surface area contributed by atoms with E-state index in [1.165, 1.54) is 0 Å². The van der Waals surface area contributed by atoms with Crippen molar-refractivity contribution in [2.24, 2.45) is 11.8 Å². The normalized spacial score (nSPS) is 33.1. The molecule has 2 rings (SSSR count). The predicted octanol–water partition coefficient (Wildman–Crippen LogP) is 2.14. The fraction of sp³-hybridized carbons (Fsp3) is 1.00. The third-order valence-corrected chi connectivity index (χ3v) is 6.74. The Morgan fingerprint density at radius 2 is 1.80 bits per heavy atom. The molecule has 1 heterocycles. The lowest BCUT2D eigenvalue weighted by atomic mass is 9.82. The summed E-state index contributed by atoms with van der Waals surface area (Å²) in [6.07, 6.45) is 5.85. The van der Waals surface area contributed by atoms with Gasteiger partial charge in [-0.3, -0.25) is 13.3 Å². The van der Waals surface area contributed by atoms with Crippen LogP contribution < -0.4 is 0 Å². The molecule has 6 nitrogen and oxygen atoms in total. The summed E-state index contributed by atoms with van der Waals surface area (Å²) in [4.78, 5) is 0. The van der Waals surface area contributed by atoms with E-state index < -0.39 is 20.9 Å². The molecule has 1 saturated heterocycles. The molecular weight excluding hydrogens is 302 g/mol. The molecule has 2 aliphatic rings. The van der Waals surface area contributed by atoms with Crippen molar-refractivity contribution in [1.29, 1.82) is 0 Å².